The third-order valence-electron chi connectivity index (χ3n) is 4.24. The number of rotatable bonds is 8. The van der Waals surface area contributed by atoms with Crippen LogP contribution in [0, 0.1) is 3.57 Å². The van der Waals surface area contributed by atoms with Crippen molar-refractivity contribution in [1.82, 2.24) is 0 Å². The number of carbonyl (C=O) groups is 1. The van der Waals surface area contributed by atoms with Gasteiger partial charge in [0, 0.05) is 0 Å². The van der Waals surface area contributed by atoms with Gasteiger partial charge in [0.15, 0.2) is 0 Å². The number of carbonyl (C=O) groups excluding carboxylic acids is 1. The Hall–Kier alpha value is -2.81. The number of methoxy groups -OCH3 is 2. The SMILES string of the molecule is COc1ccc(C(Cc2cc[n+](O)cc2)OC(=O)[I-]c2ccccc2)cc1OC. The first-order chi connectivity index (χ1) is 14.1. The summed E-state index contributed by atoms with van der Waals surface area (Å²) in [5, 5.41) is 9.45. The van der Waals surface area contributed by atoms with Crippen molar-refractivity contribution in [2.45, 2.75) is 12.5 Å². The quantitative estimate of drug-likeness (QED) is 0.210. The summed E-state index contributed by atoms with van der Waals surface area (Å²) in [4.78, 5) is 12.6. The Morgan fingerprint density at radius 1 is 1.00 bits per heavy atom. The van der Waals surface area contributed by atoms with E-state index in [0.717, 1.165) is 19.4 Å². The van der Waals surface area contributed by atoms with Gasteiger partial charge in [-0.05, 0) is 0 Å². The monoisotopic (exact) mass is 507 g/mol. The van der Waals surface area contributed by atoms with Gasteiger partial charge in [0.1, 0.15) is 0 Å². The molecular weight excluding hydrogens is 485 g/mol. The van der Waals surface area contributed by atoms with Gasteiger partial charge in [0.05, 0.1) is 0 Å². The van der Waals surface area contributed by atoms with Gasteiger partial charge in [-0.3, -0.25) is 0 Å². The van der Waals surface area contributed by atoms with Crippen LogP contribution in [0.5, 0.6) is 11.5 Å². The van der Waals surface area contributed by atoms with Crippen LogP contribution in [0.1, 0.15) is 17.2 Å². The summed E-state index contributed by atoms with van der Waals surface area (Å²) in [5.41, 5.74) is 1.74. The third kappa shape index (κ3) is 5.83. The van der Waals surface area contributed by atoms with E-state index in [2.05, 4.69) is 0 Å². The number of hydrogen-bond donors (Lipinski definition) is 1. The van der Waals surface area contributed by atoms with Gasteiger partial charge in [0.2, 0.25) is 0 Å². The zero-order valence-corrected chi connectivity index (χ0v) is 18.3. The number of hydrogen-bond acceptors (Lipinski definition) is 5. The van der Waals surface area contributed by atoms with Gasteiger partial charge >= 0.3 is 180 Å². The van der Waals surface area contributed by atoms with Crippen molar-refractivity contribution >= 4 is 3.98 Å². The van der Waals surface area contributed by atoms with E-state index in [1.165, 1.54) is 0 Å². The summed E-state index contributed by atoms with van der Waals surface area (Å²) < 4.78 is 18.4. The third-order valence-corrected chi connectivity index (χ3v) is 6.27. The molecule has 0 aliphatic heterocycles. The predicted octanol–water partition coefficient (Wildman–Crippen LogP) is 0.608. The molecule has 0 amide bonds. The molecule has 0 fully saturated rings. The minimum absolute atomic E-state index is 0.206. The van der Waals surface area contributed by atoms with Crippen LogP contribution < -0.4 is 35.4 Å². The van der Waals surface area contributed by atoms with Crippen molar-refractivity contribution < 1.29 is 50.1 Å². The van der Waals surface area contributed by atoms with Crippen LogP contribution in [0.2, 0.25) is 0 Å². The number of pyridine rings is 1. The maximum absolute atomic E-state index is 12.6. The number of halogens is 1. The van der Waals surface area contributed by atoms with E-state index in [4.69, 9.17) is 14.2 Å². The van der Waals surface area contributed by atoms with E-state index in [1.807, 2.05) is 42.5 Å². The molecule has 1 heterocycles. The Bertz CT molecular complexity index is 947. The second-order valence-electron chi connectivity index (χ2n) is 6.14. The molecule has 3 rings (SSSR count). The predicted molar refractivity (Wildman–Crippen MR) is 101 cm³/mol. The molecule has 2 aromatic carbocycles. The summed E-state index contributed by atoms with van der Waals surface area (Å²) >= 11 is -0.926. The van der Waals surface area contributed by atoms with Gasteiger partial charge in [-0.25, -0.2) is 0 Å². The first kappa shape index (κ1) is 20.9. The summed E-state index contributed by atoms with van der Waals surface area (Å²) in [5.74, 6) is 1.18. The van der Waals surface area contributed by atoms with Crippen LogP contribution in [0.4, 0.5) is 4.79 Å². The fourth-order valence-corrected chi connectivity index (χ4v) is 4.50. The molecule has 3 aromatic rings. The van der Waals surface area contributed by atoms with Crippen LogP contribution in [0.15, 0.2) is 73.1 Å². The molecule has 0 spiro atoms. The normalized spacial score (nSPS) is 11.7. The summed E-state index contributed by atoms with van der Waals surface area (Å²) in [6, 6.07) is 18.7. The Morgan fingerprint density at radius 2 is 1.69 bits per heavy atom. The molecule has 6 nitrogen and oxygen atoms in total. The van der Waals surface area contributed by atoms with E-state index < -0.39 is 27.3 Å². The molecule has 7 heteroatoms. The summed E-state index contributed by atoms with van der Waals surface area (Å²) in [7, 11) is 3.15. The van der Waals surface area contributed by atoms with Crippen LogP contribution in [-0.2, 0) is 11.2 Å². The second-order valence-corrected chi connectivity index (χ2v) is 8.80. The van der Waals surface area contributed by atoms with Gasteiger partial charge in [0.25, 0.3) is 0 Å². The fraction of sp³-hybridized carbons (Fsp3) is 0.182. The molecule has 0 bridgehead atoms. The molecule has 0 radical (unpaired) electrons. The van der Waals surface area contributed by atoms with Crippen molar-refractivity contribution in [1.29, 1.82) is 0 Å². The van der Waals surface area contributed by atoms with Crippen molar-refractivity contribution in [3.8, 4) is 11.5 Å². The molecule has 29 heavy (non-hydrogen) atoms. The topological polar surface area (TPSA) is 68.9 Å². The minimum atomic E-state index is -0.926. The molecule has 1 atom stereocenters. The molecule has 1 aromatic heterocycles. The van der Waals surface area contributed by atoms with Gasteiger partial charge in [-0.2, -0.15) is 0 Å². The van der Waals surface area contributed by atoms with Crippen LogP contribution in [-0.4, -0.2) is 23.4 Å². The Morgan fingerprint density at radius 3 is 2.34 bits per heavy atom. The molecule has 1 unspecified atom stereocenters. The van der Waals surface area contributed by atoms with Crippen LogP contribution >= 0.6 is 0 Å². The van der Waals surface area contributed by atoms with Crippen LogP contribution in [0.25, 0.3) is 0 Å². The van der Waals surface area contributed by atoms with Crippen molar-refractivity contribution in [3.05, 3.63) is 87.8 Å². The zero-order valence-electron chi connectivity index (χ0n) is 16.1. The standard InChI is InChI=1S/C22H22INO5/c1-27-19-9-8-17(15-21(19)28-2)20(14-16-10-12-24(26)13-11-16)29-22(25)23-18-6-4-3-5-7-18/h3-13,15,20,26H,14H2,1-2H3. The van der Waals surface area contributed by atoms with E-state index in [1.54, 1.807) is 44.8 Å². The maximum atomic E-state index is 12.6. The molecule has 0 saturated carbocycles. The first-order valence-corrected chi connectivity index (χ1v) is 11.1. The Labute approximate surface area is 179 Å². The molecular formula is C22H22INO5. The summed E-state index contributed by atoms with van der Waals surface area (Å²) in [6.45, 7) is 0. The molecule has 0 aliphatic rings. The van der Waals surface area contributed by atoms with Gasteiger partial charge < -0.3 is 0 Å². The van der Waals surface area contributed by atoms with Crippen LogP contribution in [0.3, 0.4) is 0 Å². The molecule has 0 saturated heterocycles. The van der Waals surface area contributed by atoms with Gasteiger partial charge in [-0.1, -0.05) is 0 Å². The average Bonchev–Trinajstić information content (AvgIpc) is 2.75. The fourth-order valence-electron chi connectivity index (χ4n) is 2.78. The Balaban J connectivity index is 1.84. The van der Waals surface area contributed by atoms with E-state index in [9.17, 15) is 10.0 Å². The number of aromatic nitrogens is 1. The number of nitrogens with zero attached hydrogens (tertiary/aromatic N) is 1. The molecule has 1 N–H and O–H groups in total. The molecule has 0 aliphatic carbocycles. The zero-order chi connectivity index (χ0) is 20.6. The van der Waals surface area contributed by atoms with Crippen molar-refractivity contribution in [2.75, 3.05) is 14.2 Å². The van der Waals surface area contributed by atoms with E-state index in [0.29, 0.717) is 17.9 Å². The first-order valence-electron chi connectivity index (χ1n) is 8.91. The molecule has 152 valence electrons. The van der Waals surface area contributed by atoms with Crippen molar-refractivity contribution in [2.24, 2.45) is 0 Å². The average molecular weight is 507 g/mol. The van der Waals surface area contributed by atoms with Gasteiger partial charge in [-0.15, -0.1) is 0 Å². The number of ether oxygens (including phenoxy) is 3. The van der Waals surface area contributed by atoms with E-state index in [-0.39, 0.29) is 3.98 Å². The second kappa shape index (κ2) is 10.1. The van der Waals surface area contributed by atoms with E-state index >= 15 is 0 Å². The number of benzene rings is 2. The summed E-state index contributed by atoms with van der Waals surface area (Å²) in [6.07, 6.45) is 3.07. The van der Waals surface area contributed by atoms with Crippen molar-refractivity contribution in [3.63, 3.8) is 0 Å². The Kier molecular flexibility index (Phi) is 7.29.